The molecule has 0 saturated heterocycles. The first-order chi connectivity index (χ1) is 10.3. The molecule has 4 heteroatoms. The van der Waals surface area contributed by atoms with E-state index in [1.54, 1.807) is 0 Å². The average Bonchev–Trinajstić information content (AvgIpc) is 2.89. The van der Waals surface area contributed by atoms with Gasteiger partial charge in [0.05, 0.1) is 0 Å². The predicted molar refractivity (Wildman–Crippen MR) is 80.7 cm³/mol. The van der Waals surface area contributed by atoms with Gasteiger partial charge in [-0.1, -0.05) is 0 Å². The van der Waals surface area contributed by atoms with Gasteiger partial charge in [0.2, 0.25) is 0 Å². The molecule has 4 bridgehead atoms. The summed E-state index contributed by atoms with van der Waals surface area (Å²) in [5.41, 5.74) is 6.24. The van der Waals surface area contributed by atoms with E-state index in [9.17, 15) is 0 Å². The van der Waals surface area contributed by atoms with E-state index in [0.29, 0.717) is 11.3 Å². The van der Waals surface area contributed by atoms with Crippen LogP contribution in [-0.4, -0.2) is 21.3 Å². The second-order valence-electron chi connectivity index (χ2n) is 8.38. The van der Waals surface area contributed by atoms with Crippen LogP contribution in [0.1, 0.15) is 56.6 Å². The molecule has 1 aromatic rings. The quantitative estimate of drug-likeness (QED) is 0.907. The highest BCUT2D eigenvalue weighted by molar-refractivity contribution is 5.19. The molecule has 0 aromatic carbocycles. The first-order valence-electron chi connectivity index (χ1n) is 8.88. The van der Waals surface area contributed by atoms with E-state index in [1.807, 2.05) is 0 Å². The highest BCUT2D eigenvalue weighted by Gasteiger charge is 2.54. The number of hydrogen-bond acceptors (Lipinski definition) is 3. The molecule has 4 aliphatic carbocycles. The Kier molecular flexibility index (Phi) is 2.59. The fourth-order valence-electron chi connectivity index (χ4n) is 6.37. The molecule has 0 radical (unpaired) electrons. The van der Waals surface area contributed by atoms with E-state index in [1.165, 1.54) is 56.6 Å². The van der Waals surface area contributed by atoms with Gasteiger partial charge in [-0.25, -0.2) is 0 Å². The molecule has 6 rings (SSSR count). The summed E-state index contributed by atoms with van der Waals surface area (Å²) in [6, 6.07) is 0. The van der Waals surface area contributed by atoms with Crippen LogP contribution in [0.4, 0.5) is 0 Å². The van der Waals surface area contributed by atoms with Crippen molar-refractivity contribution in [3.8, 4) is 0 Å². The molecule has 1 atom stereocenters. The zero-order valence-corrected chi connectivity index (χ0v) is 12.8. The number of aromatic nitrogens is 3. The topological polar surface area (TPSA) is 56.7 Å². The van der Waals surface area contributed by atoms with Gasteiger partial charge in [0, 0.05) is 18.4 Å². The first kappa shape index (κ1) is 12.6. The van der Waals surface area contributed by atoms with Crippen LogP contribution in [0.25, 0.3) is 0 Å². The lowest BCUT2D eigenvalue weighted by atomic mass is 9.49. The number of nitrogens with zero attached hydrogens (tertiary/aromatic N) is 3. The standard InChI is InChI=1S/C17H26N4/c18-10-11-1-2-21-15(6-11)19-20-16(21)17-7-12-3-13(8-17)5-14(4-12)9-17/h11-14H,1-10,18H2. The molecule has 1 aliphatic heterocycles. The maximum absolute atomic E-state index is 5.86. The van der Waals surface area contributed by atoms with Crippen molar-refractivity contribution < 1.29 is 0 Å². The average molecular weight is 286 g/mol. The predicted octanol–water partition coefficient (Wildman–Crippen LogP) is 2.27. The highest BCUT2D eigenvalue weighted by atomic mass is 15.3. The van der Waals surface area contributed by atoms with Crippen LogP contribution < -0.4 is 5.73 Å². The van der Waals surface area contributed by atoms with Crippen molar-refractivity contribution >= 4 is 0 Å². The molecular formula is C17H26N4. The largest absolute Gasteiger partial charge is 0.330 e. The molecule has 0 amide bonds. The van der Waals surface area contributed by atoms with Gasteiger partial charge in [-0.15, -0.1) is 10.2 Å². The molecule has 0 spiro atoms. The Balaban J connectivity index is 1.52. The van der Waals surface area contributed by atoms with Crippen LogP contribution >= 0.6 is 0 Å². The molecule has 2 heterocycles. The minimum atomic E-state index is 0.384. The summed E-state index contributed by atoms with van der Waals surface area (Å²) < 4.78 is 2.49. The molecule has 114 valence electrons. The third-order valence-electron chi connectivity index (χ3n) is 6.91. The highest BCUT2D eigenvalue weighted by Crippen LogP contribution is 2.60. The SMILES string of the molecule is NCC1CCn2c(nnc2C23CC4CC(CC(C4)C2)C3)C1. The number of rotatable bonds is 2. The Labute approximate surface area is 126 Å². The van der Waals surface area contributed by atoms with Crippen molar-refractivity contribution in [2.24, 2.45) is 29.4 Å². The van der Waals surface area contributed by atoms with Crippen LogP contribution in [0.2, 0.25) is 0 Å². The van der Waals surface area contributed by atoms with Crippen LogP contribution in [-0.2, 0) is 18.4 Å². The van der Waals surface area contributed by atoms with Gasteiger partial charge < -0.3 is 10.3 Å². The van der Waals surface area contributed by atoms with Gasteiger partial charge in [0.15, 0.2) is 0 Å². The number of fused-ring (bicyclic) bond motifs is 1. The van der Waals surface area contributed by atoms with Gasteiger partial charge in [-0.3, -0.25) is 0 Å². The van der Waals surface area contributed by atoms with Crippen LogP contribution in [0.5, 0.6) is 0 Å². The third-order valence-corrected chi connectivity index (χ3v) is 6.91. The summed E-state index contributed by atoms with van der Waals surface area (Å²) >= 11 is 0. The summed E-state index contributed by atoms with van der Waals surface area (Å²) in [4.78, 5) is 0. The summed E-state index contributed by atoms with van der Waals surface area (Å²) in [6.07, 6.45) is 10.9. The second kappa shape index (κ2) is 4.31. The Hall–Kier alpha value is -0.900. The summed E-state index contributed by atoms with van der Waals surface area (Å²) in [6.45, 7) is 1.89. The smallest absolute Gasteiger partial charge is 0.139 e. The fourth-order valence-corrected chi connectivity index (χ4v) is 6.37. The van der Waals surface area contributed by atoms with E-state index in [0.717, 1.165) is 37.3 Å². The summed E-state index contributed by atoms with van der Waals surface area (Å²) in [5.74, 6) is 6.11. The third kappa shape index (κ3) is 1.77. The Morgan fingerprint density at radius 3 is 2.33 bits per heavy atom. The van der Waals surface area contributed by atoms with Crippen LogP contribution in [0.15, 0.2) is 0 Å². The van der Waals surface area contributed by atoms with Gasteiger partial charge in [0.1, 0.15) is 11.6 Å². The zero-order valence-electron chi connectivity index (χ0n) is 12.8. The lowest BCUT2D eigenvalue weighted by Crippen LogP contribution is -2.50. The van der Waals surface area contributed by atoms with Crippen molar-refractivity contribution in [3.63, 3.8) is 0 Å². The molecule has 5 aliphatic rings. The maximum atomic E-state index is 5.86. The summed E-state index contributed by atoms with van der Waals surface area (Å²) in [5, 5.41) is 9.30. The van der Waals surface area contributed by atoms with Crippen molar-refractivity contribution in [3.05, 3.63) is 11.6 Å². The van der Waals surface area contributed by atoms with E-state index < -0.39 is 0 Å². The maximum Gasteiger partial charge on any atom is 0.139 e. The van der Waals surface area contributed by atoms with Gasteiger partial charge >= 0.3 is 0 Å². The molecule has 4 fully saturated rings. The summed E-state index contributed by atoms with van der Waals surface area (Å²) in [7, 11) is 0. The Bertz CT molecular complexity index is 526. The Morgan fingerprint density at radius 2 is 1.71 bits per heavy atom. The van der Waals surface area contributed by atoms with Crippen LogP contribution in [0, 0.1) is 23.7 Å². The van der Waals surface area contributed by atoms with E-state index in [2.05, 4.69) is 9.67 Å². The molecule has 21 heavy (non-hydrogen) atoms. The second-order valence-corrected chi connectivity index (χ2v) is 8.38. The van der Waals surface area contributed by atoms with Crippen LogP contribution in [0.3, 0.4) is 0 Å². The monoisotopic (exact) mass is 286 g/mol. The molecule has 4 nitrogen and oxygen atoms in total. The van der Waals surface area contributed by atoms with Crippen molar-refractivity contribution in [2.45, 2.75) is 63.3 Å². The zero-order chi connectivity index (χ0) is 14.0. The lowest BCUT2D eigenvalue weighted by Gasteiger charge is -2.56. The van der Waals surface area contributed by atoms with E-state index >= 15 is 0 Å². The molecule has 1 aromatic heterocycles. The van der Waals surface area contributed by atoms with Gasteiger partial charge in [-0.05, 0) is 75.2 Å². The van der Waals surface area contributed by atoms with E-state index in [4.69, 9.17) is 10.8 Å². The van der Waals surface area contributed by atoms with Gasteiger partial charge in [-0.2, -0.15) is 0 Å². The molecular weight excluding hydrogens is 260 g/mol. The van der Waals surface area contributed by atoms with Crippen molar-refractivity contribution in [2.75, 3.05) is 6.54 Å². The fraction of sp³-hybridized carbons (Fsp3) is 0.882. The first-order valence-corrected chi connectivity index (χ1v) is 8.88. The minimum Gasteiger partial charge on any atom is -0.330 e. The van der Waals surface area contributed by atoms with E-state index in [-0.39, 0.29) is 0 Å². The number of hydrogen-bond donors (Lipinski definition) is 1. The Morgan fingerprint density at radius 1 is 1.05 bits per heavy atom. The number of nitrogens with two attached hydrogens (primary N) is 1. The molecule has 4 saturated carbocycles. The van der Waals surface area contributed by atoms with Crippen molar-refractivity contribution in [1.29, 1.82) is 0 Å². The molecule has 1 unspecified atom stereocenters. The van der Waals surface area contributed by atoms with Gasteiger partial charge in [0.25, 0.3) is 0 Å². The lowest BCUT2D eigenvalue weighted by molar-refractivity contribution is -0.0115. The normalized spacial score (nSPS) is 44.0. The minimum absolute atomic E-state index is 0.384. The van der Waals surface area contributed by atoms with Crippen molar-refractivity contribution in [1.82, 2.24) is 14.8 Å². The molecule has 2 N–H and O–H groups in total.